The van der Waals surface area contributed by atoms with Crippen molar-refractivity contribution in [2.45, 2.75) is 53.5 Å². The van der Waals surface area contributed by atoms with E-state index in [-0.39, 0.29) is 5.41 Å². The second-order valence-electron chi connectivity index (χ2n) is 4.73. The maximum atomic E-state index is 4.01. The lowest BCUT2D eigenvalue weighted by Gasteiger charge is -2.27. The van der Waals surface area contributed by atoms with Gasteiger partial charge in [0.05, 0.1) is 0 Å². The molecule has 0 aliphatic rings. The highest BCUT2D eigenvalue weighted by molar-refractivity contribution is 5.04. The van der Waals surface area contributed by atoms with Gasteiger partial charge in [-0.25, -0.2) is 0 Å². The third-order valence-electron chi connectivity index (χ3n) is 2.77. The van der Waals surface area contributed by atoms with E-state index in [9.17, 15) is 0 Å². The van der Waals surface area contributed by atoms with Crippen LogP contribution in [0.4, 0.5) is 0 Å². The van der Waals surface area contributed by atoms with Crippen molar-refractivity contribution in [3.8, 4) is 0 Å². The van der Waals surface area contributed by atoms with Gasteiger partial charge in [-0.05, 0) is 25.7 Å². The highest BCUT2D eigenvalue weighted by Gasteiger charge is 2.18. The predicted octanol–water partition coefficient (Wildman–Crippen LogP) is 3.37. The van der Waals surface area contributed by atoms with Crippen molar-refractivity contribution < 1.29 is 0 Å². The molecule has 1 unspecified atom stereocenters. The molecule has 1 nitrogen and oxygen atoms in total. The summed E-state index contributed by atoms with van der Waals surface area (Å²) in [6.45, 7) is 16.1. The van der Waals surface area contributed by atoms with Crippen LogP contribution in [0.3, 0.4) is 0 Å². The zero-order chi connectivity index (χ0) is 10.5. The predicted molar refractivity (Wildman–Crippen MR) is 61.0 cm³/mol. The van der Waals surface area contributed by atoms with Crippen LogP contribution in [0.1, 0.15) is 47.5 Å². The Balaban J connectivity index is 3.80. The first-order valence-electron chi connectivity index (χ1n) is 5.29. The van der Waals surface area contributed by atoms with E-state index in [1.54, 1.807) is 0 Å². The topological polar surface area (TPSA) is 12.0 Å². The maximum absolute atomic E-state index is 4.01. The molecule has 0 saturated carbocycles. The van der Waals surface area contributed by atoms with Crippen LogP contribution >= 0.6 is 0 Å². The average molecular weight is 183 g/mol. The van der Waals surface area contributed by atoms with E-state index in [1.807, 2.05) is 0 Å². The molecule has 13 heavy (non-hydrogen) atoms. The lowest BCUT2D eigenvalue weighted by atomic mass is 9.86. The van der Waals surface area contributed by atoms with Crippen molar-refractivity contribution in [2.24, 2.45) is 5.41 Å². The van der Waals surface area contributed by atoms with Crippen molar-refractivity contribution in [3.05, 3.63) is 12.2 Å². The van der Waals surface area contributed by atoms with Crippen LogP contribution < -0.4 is 5.32 Å². The molecule has 1 heteroatoms. The summed E-state index contributed by atoms with van der Waals surface area (Å²) in [6.07, 6.45) is 2.51. The molecule has 0 aromatic rings. The molecule has 0 aromatic heterocycles. The third-order valence-corrected chi connectivity index (χ3v) is 2.77. The van der Waals surface area contributed by atoms with Crippen molar-refractivity contribution in [3.63, 3.8) is 0 Å². The van der Waals surface area contributed by atoms with Gasteiger partial charge in [-0.1, -0.05) is 39.3 Å². The van der Waals surface area contributed by atoms with Crippen LogP contribution in [-0.4, -0.2) is 12.6 Å². The molecular weight excluding hydrogens is 158 g/mol. The van der Waals surface area contributed by atoms with E-state index >= 15 is 0 Å². The van der Waals surface area contributed by atoms with Crippen LogP contribution in [0.2, 0.25) is 0 Å². The van der Waals surface area contributed by atoms with Crippen molar-refractivity contribution >= 4 is 0 Å². The van der Waals surface area contributed by atoms with Crippen molar-refractivity contribution in [1.29, 1.82) is 0 Å². The fraction of sp³-hybridized carbons (Fsp3) is 0.833. The minimum Gasteiger partial charge on any atom is -0.313 e. The van der Waals surface area contributed by atoms with Crippen molar-refractivity contribution in [1.82, 2.24) is 5.32 Å². The fourth-order valence-corrected chi connectivity index (χ4v) is 1.12. The first kappa shape index (κ1) is 12.7. The number of nitrogens with one attached hydrogen (secondary N) is 1. The summed E-state index contributed by atoms with van der Waals surface area (Å²) in [5.74, 6) is 0. The molecule has 0 aromatic carbocycles. The van der Waals surface area contributed by atoms with Crippen LogP contribution in [0.5, 0.6) is 0 Å². The molecule has 0 aliphatic carbocycles. The summed E-state index contributed by atoms with van der Waals surface area (Å²) in [5, 5.41) is 3.54. The van der Waals surface area contributed by atoms with Gasteiger partial charge in [0, 0.05) is 12.6 Å². The molecular formula is C12H25N. The standard InChI is InChI=1S/C12H25N/c1-7-8-11(4)13-9-12(5,6)10(2)3/h11,13H,2,7-9H2,1,3-6H3. The molecule has 0 spiro atoms. The van der Waals surface area contributed by atoms with Crippen LogP contribution in [0, 0.1) is 5.41 Å². The summed E-state index contributed by atoms with van der Waals surface area (Å²) >= 11 is 0. The summed E-state index contributed by atoms with van der Waals surface area (Å²) in [7, 11) is 0. The van der Waals surface area contributed by atoms with Gasteiger partial charge < -0.3 is 5.32 Å². The third kappa shape index (κ3) is 5.09. The Bertz CT molecular complexity index is 159. The summed E-state index contributed by atoms with van der Waals surface area (Å²) in [6, 6.07) is 0.628. The van der Waals surface area contributed by atoms with E-state index < -0.39 is 0 Å². The smallest absolute Gasteiger partial charge is 0.00421 e. The van der Waals surface area contributed by atoms with Gasteiger partial charge >= 0.3 is 0 Å². The molecule has 0 aliphatic heterocycles. The first-order valence-corrected chi connectivity index (χ1v) is 5.29. The zero-order valence-electron chi connectivity index (χ0n) is 9.91. The van der Waals surface area contributed by atoms with Crippen LogP contribution in [-0.2, 0) is 0 Å². The van der Waals surface area contributed by atoms with Crippen molar-refractivity contribution in [2.75, 3.05) is 6.54 Å². The molecule has 0 amide bonds. The fourth-order valence-electron chi connectivity index (χ4n) is 1.12. The van der Waals surface area contributed by atoms with E-state index in [1.165, 1.54) is 18.4 Å². The highest BCUT2D eigenvalue weighted by Crippen LogP contribution is 2.23. The SMILES string of the molecule is C=C(C)C(C)(C)CNC(C)CCC. The Kier molecular flexibility index (Phi) is 5.31. The molecule has 0 fully saturated rings. The number of hydrogen-bond acceptors (Lipinski definition) is 1. The van der Waals surface area contributed by atoms with Gasteiger partial charge in [-0.3, -0.25) is 0 Å². The zero-order valence-corrected chi connectivity index (χ0v) is 9.91. The Hall–Kier alpha value is -0.300. The second-order valence-corrected chi connectivity index (χ2v) is 4.73. The molecule has 0 bridgehead atoms. The lowest BCUT2D eigenvalue weighted by molar-refractivity contribution is 0.372. The molecule has 78 valence electrons. The van der Waals surface area contributed by atoms with E-state index in [4.69, 9.17) is 0 Å². The van der Waals surface area contributed by atoms with E-state index in [0.717, 1.165) is 6.54 Å². The number of hydrogen-bond donors (Lipinski definition) is 1. The van der Waals surface area contributed by atoms with E-state index in [2.05, 4.69) is 46.5 Å². The largest absolute Gasteiger partial charge is 0.313 e. The lowest BCUT2D eigenvalue weighted by Crippen LogP contribution is -2.35. The summed E-state index contributed by atoms with van der Waals surface area (Å²) in [5.41, 5.74) is 1.48. The van der Waals surface area contributed by atoms with Crippen LogP contribution in [0.15, 0.2) is 12.2 Å². The Labute approximate surface area is 83.6 Å². The van der Waals surface area contributed by atoms with Gasteiger partial charge in [0.1, 0.15) is 0 Å². The minimum absolute atomic E-state index is 0.224. The Morgan fingerprint density at radius 3 is 2.38 bits per heavy atom. The molecule has 0 saturated heterocycles. The second kappa shape index (κ2) is 5.43. The molecule has 0 rings (SSSR count). The molecule has 0 heterocycles. The van der Waals surface area contributed by atoms with E-state index in [0.29, 0.717) is 6.04 Å². The summed E-state index contributed by atoms with van der Waals surface area (Å²) < 4.78 is 0. The van der Waals surface area contributed by atoms with Gasteiger partial charge in [-0.2, -0.15) is 0 Å². The van der Waals surface area contributed by atoms with Crippen LogP contribution in [0.25, 0.3) is 0 Å². The Morgan fingerprint density at radius 2 is 2.00 bits per heavy atom. The molecule has 1 N–H and O–H groups in total. The maximum Gasteiger partial charge on any atom is 0.00421 e. The Morgan fingerprint density at radius 1 is 1.46 bits per heavy atom. The normalized spacial score (nSPS) is 14.2. The van der Waals surface area contributed by atoms with Gasteiger partial charge in [0.15, 0.2) is 0 Å². The summed E-state index contributed by atoms with van der Waals surface area (Å²) in [4.78, 5) is 0. The molecule has 1 atom stereocenters. The van der Waals surface area contributed by atoms with Gasteiger partial charge in [0.25, 0.3) is 0 Å². The monoisotopic (exact) mass is 183 g/mol. The molecule has 0 radical (unpaired) electrons. The average Bonchev–Trinajstić information content (AvgIpc) is 2.01. The van der Waals surface area contributed by atoms with Gasteiger partial charge in [0.2, 0.25) is 0 Å². The van der Waals surface area contributed by atoms with Gasteiger partial charge in [-0.15, -0.1) is 0 Å². The minimum atomic E-state index is 0.224. The number of rotatable bonds is 6. The quantitative estimate of drug-likeness (QED) is 0.623. The first-order chi connectivity index (χ1) is 5.90. The highest BCUT2D eigenvalue weighted by atomic mass is 14.9.